The van der Waals surface area contributed by atoms with Gasteiger partial charge in [0.25, 0.3) is 8.48 Å². The summed E-state index contributed by atoms with van der Waals surface area (Å²) in [5.41, 5.74) is 1.16. The third-order valence-corrected chi connectivity index (χ3v) is 8.50. The highest BCUT2D eigenvalue weighted by Crippen LogP contribution is 2.29. The lowest BCUT2D eigenvalue weighted by Crippen LogP contribution is -2.52. The Kier molecular flexibility index (Phi) is 10.1. The van der Waals surface area contributed by atoms with Gasteiger partial charge < -0.3 is 4.43 Å². The molecule has 1 saturated heterocycles. The van der Waals surface area contributed by atoms with Crippen molar-refractivity contribution < 1.29 is 4.43 Å². The Morgan fingerprint density at radius 1 is 1.21 bits per heavy atom. The molecule has 0 saturated carbocycles. The molecule has 0 amide bonds. The average molecular weight is 349 g/mol. The summed E-state index contributed by atoms with van der Waals surface area (Å²) in [6.07, 6.45) is 7.51. The van der Waals surface area contributed by atoms with Crippen molar-refractivity contribution in [1.29, 1.82) is 0 Å². The first-order chi connectivity index (χ1) is 11.6. The van der Waals surface area contributed by atoms with Crippen LogP contribution in [0.15, 0.2) is 35.3 Å². The van der Waals surface area contributed by atoms with Gasteiger partial charge in [0.1, 0.15) is 0 Å². The number of aliphatic imine (C=N–C) groups is 1. The van der Waals surface area contributed by atoms with E-state index in [0.29, 0.717) is 0 Å². The van der Waals surface area contributed by atoms with Gasteiger partial charge in [-0.25, -0.2) is 0 Å². The van der Waals surface area contributed by atoms with Crippen LogP contribution >= 0.6 is 0 Å². The smallest absolute Gasteiger partial charge is 0.269 e. The number of benzene rings is 1. The van der Waals surface area contributed by atoms with Crippen molar-refractivity contribution in [2.45, 2.75) is 72.1 Å². The van der Waals surface area contributed by atoms with E-state index in [-0.39, 0.29) is 6.17 Å². The zero-order chi connectivity index (χ0) is 17.8. The molecule has 2 unspecified atom stereocenters. The van der Waals surface area contributed by atoms with Crippen molar-refractivity contribution in [3.63, 3.8) is 0 Å². The number of nitrogens with zero attached hydrogens (tertiary/aromatic N) is 2. The summed E-state index contributed by atoms with van der Waals surface area (Å²) in [5, 5.41) is 0. The van der Waals surface area contributed by atoms with E-state index in [9.17, 15) is 0 Å². The summed E-state index contributed by atoms with van der Waals surface area (Å²) >= 11 is 0. The lowest BCUT2D eigenvalue weighted by molar-refractivity contribution is 0.246. The van der Waals surface area contributed by atoms with Crippen LogP contribution in [0.5, 0.6) is 0 Å². The van der Waals surface area contributed by atoms with Gasteiger partial charge in [0, 0.05) is 12.8 Å². The van der Waals surface area contributed by atoms with Gasteiger partial charge in [-0.05, 0) is 45.0 Å². The maximum absolute atomic E-state index is 6.07. The van der Waals surface area contributed by atoms with E-state index in [2.05, 4.69) is 50.9 Å². The van der Waals surface area contributed by atoms with Gasteiger partial charge in [-0.15, -0.1) is 0 Å². The molecule has 136 valence electrons. The lowest BCUT2D eigenvalue weighted by atomic mass is 10.2. The minimum atomic E-state index is -1.70. The van der Waals surface area contributed by atoms with Gasteiger partial charge in [0.2, 0.25) is 0 Å². The van der Waals surface area contributed by atoms with Gasteiger partial charge in [-0.2, -0.15) is 0 Å². The molecular weight excluding hydrogens is 312 g/mol. The molecule has 1 aliphatic heterocycles. The Morgan fingerprint density at radius 3 is 2.42 bits per heavy atom. The molecule has 1 aliphatic rings. The zero-order valence-corrected chi connectivity index (χ0v) is 17.3. The second-order valence-electron chi connectivity index (χ2n) is 6.58. The molecule has 1 aromatic rings. The lowest BCUT2D eigenvalue weighted by Gasteiger charge is -2.34. The number of hydrogen-bond donors (Lipinski definition) is 0. The number of unbranched alkanes of at least 4 members (excludes halogenated alkanes) is 2. The minimum Gasteiger partial charge on any atom is -0.403 e. The van der Waals surface area contributed by atoms with Gasteiger partial charge >= 0.3 is 0 Å². The standard InChI is InChI=1S/C15H24N2OSi.C5H12/c1-4-18-19(3)12-8-11-17(19)14(2)16-13-15-9-6-5-7-10-15;1-3-5-4-2/h5-7,9-10,13-14H,4,8,11-12H2,1-3H3;3-5H2,1-2H3. The van der Waals surface area contributed by atoms with Crippen LogP contribution in [0.3, 0.4) is 0 Å². The summed E-state index contributed by atoms with van der Waals surface area (Å²) in [5.74, 6) is 0. The van der Waals surface area contributed by atoms with Crippen molar-refractivity contribution in [3.8, 4) is 0 Å². The topological polar surface area (TPSA) is 24.8 Å². The summed E-state index contributed by atoms with van der Waals surface area (Å²) < 4.78 is 8.56. The van der Waals surface area contributed by atoms with Crippen molar-refractivity contribution in [2.24, 2.45) is 4.99 Å². The van der Waals surface area contributed by atoms with Crippen LogP contribution in [0.4, 0.5) is 0 Å². The van der Waals surface area contributed by atoms with Crippen molar-refractivity contribution in [3.05, 3.63) is 35.9 Å². The molecular formula is C20H36N2OSi. The predicted octanol–water partition coefficient (Wildman–Crippen LogP) is 5.46. The van der Waals surface area contributed by atoms with Crippen molar-refractivity contribution in [1.82, 2.24) is 4.57 Å². The summed E-state index contributed by atoms with van der Waals surface area (Å²) in [6, 6.07) is 11.5. The van der Waals surface area contributed by atoms with Gasteiger partial charge in [-0.1, -0.05) is 63.4 Å². The Bertz CT molecular complexity index is 464. The molecule has 2 atom stereocenters. The first-order valence-corrected chi connectivity index (χ1v) is 12.1. The van der Waals surface area contributed by atoms with E-state index in [4.69, 9.17) is 9.42 Å². The summed E-state index contributed by atoms with van der Waals surface area (Å²) in [6.45, 7) is 12.9. The fourth-order valence-corrected chi connectivity index (χ4v) is 6.69. The highest BCUT2D eigenvalue weighted by Gasteiger charge is 2.43. The number of rotatable bonds is 7. The third kappa shape index (κ3) is 6.87. The Labute approximate surface area is 150 Å². The van der Waals surface area contributed by atoms with Crippen LogP contribution in [-0.4, -0.2) is 38.6 Å². The van der Waals surface area contributed by atoms with Gasteiger partial charge in [0.15, 0.2) is 0 Å². The SMILES string of the molecule is CCCCC.CCO[Si]1(C)CCCN1C(C)N=Cc1ccccc1. The van der Waals surface area contributed by atoms with Gasteiger partial charge in [-0.3, -0.25) is 9.56 Å². The van der Waals surface area contributed by atoms with Crippen LogP contribution in [0.25, 0.3) is 0 Å². The van der Waals surface area contributed by atoms with Crippen LogP contribution in [-0.2, 0) is 4.43 Å². The van der Waals surface area contributed by atoms with E-state index in [1.165, 1.54) is 31.7 Å². The van der Waals surface area contributed by atoms with E-state index in [1.807, 2.05) is 24.4 Å². The molecule has 4 heteroatoms. The van der Waals surface area contributed by atoms with E-state index < -0.39 is 8.48 Å². The Hall–Kier alpha value is -0.973. The Balaban J connectivity index is 0.000000505. The van der Waals surface area contributed by atoms with Gasteiger partial charge in [0.05, 0.1) is 6.17 Å². The normalized spacial score (nSPS) is 22.4. The Morgan fingerprint density at radius 2 is 1.88 bits per heavy atom. The van der Waals surface area contributed by atoms with Crippen LogP contribution in [0.2, 0.25) is 12.6 Å². The van der Waals surface area contributed by atoms with Crippen LogP contribution < -0.4 is 0 Å². The van der Waals surface area contributed by atoms with E-state index >= 15 is 0 Å². The van der Waals surface area contributed by atoms with Crippen molar-refractivity contribution >= 4 is 14.7 Å². The maximum Gasteiger partial charge on any atom is 0.269 e. The predicted molar refractivity (Wildman–Crippen MR) is 108 cm³/mol. The van der Waals surface area contributed by atoms with Crippen molar-refractivity contribution in [2.75, 3.05) is 13.2 Å². The fourth-order valence-electron chi connectivity index (χ4n) is 3.17. The molecule has 1 aromatic carbocycles. The minimum absolute atomic E-state index is 0.214. The first-order valence-electron chi connectivity index (χ1n) is 9.56. The molecule has 1 heterocycles. The average Bonchev–Trinajstić information content (AvgIpc) is 2.97. The largest absolute Gasteiger partial charge is 0.403 e. The molecule has 3 nitrogen and oxygen atoms in total. The molecule has 24 heavy (non-hydrogen) atoms. The molecule has 1 fully saturated rings. The molecule has 0 bridgehead atoms. The quantitative estimate of drug-likeness (QED) is 0.482. The molecule has 2 rings (SSSR count). The monoisotopic (exact) mass is 348 g/mol. The molecule has 0 radical (unpaired) electrons. The van der Waals surface area contributed by atoms with E-state index in [1.54, 1.807) is 0 Å². The van der Waals surface area contributed by atoms with Crippen LogP contribution in [0, 0.1) is 0 Å². The zero-order valence-electron chi connectivity index (χ0n) is 16.3. The molecule has 0 spiro atoms. The molecule has 0 aromatic heterocycles. The number of hydrogen-bond acceptors (Lipinski definition) is 3. The molecule has 0 aliphatic carbocycles. The van der Waals surface area contributed by atoms with E-state index in [0.717, 1.165) is 18.7 Å². The fraction of sp³-hybridized carbons (Fsp3) is 0.650. The summed E-state index contributed by atoms with van der Waals surface area (Å²) in [7, 11) is -1.70. The van der Waals surface area contributed by atoms with Crippen LogP contribution in [0.1, 0.15) is 58.9 Å². The second-order valence-corrected chi connectivity index (χ2v) is 10.3. The molecule has 0 N–H and O–H groups in total. The summed E-state index contributed by atoms with van der Waals surface area (Å²) in [4.78, 5) is 4.71. The maximum atomic E-state index is 6.07. The third-order valence-electron chi connectivity index (χ3n) is 4.50. The first kappa shape index (κ1) is 21.1. The highest BCUT2D eigenvalue weighted by molar-refractivity contribution is 6.70. The highest BCUT2D eigenvalue weighted by atomic mass is 28.4. The second kappa shape index (κ2) is 11.6.